The van der Waals surface area contributed by atoms with Crippen molar-refractivity contribution in [3.05, 3.63) is 53.4 Å². The third-order valence-corrected chi connectivity index (χ3v) is 5.13. The molecule has 0 spiro atoms. The van der Waals surface area contributed by atoms with Crippen LogP contribution in [-0.2, 0) is 0 Å². The molecule has 6 heteroatoms. The molecule has 25 heavy (non-hydrogen) atoms. The second kappa shape index (κ2) is 7.11. The zero-order valence-electron chi connectivity index (χ0n) is 14.1. The van der Waals surface area contributed by atoms with Gasteiger partial charge in [0, 0.05) is 43.3 Å². The summed E-state index contributed by atoms with van der Waals surface area (Å²) in [6.45, 7) is 3.63. The number of anilines is 2. The van der Waals surface area contributed by atoms with Crippen LogP contribution in [-0.4, -0.2) is 43.3 Å². The van der Waals surface area contributed by atoms with Crippen molar-refractivity contribution in [3.8, 4) is 17.0 Å². The summed E-state index contributed by atoms with van der Waals surface area (Å²) < 4.78 is 5.49. The van der Waals surface area contributed by atoms with Crippen molar-refractivity contribution in [2.24, 2.45) is 0 Å². The van der Waals surface area contributed by atoms with Gasteiger partial charge in [0.05, 0.1) is 18.5 Å². The van der Waals surface area contributed by atoms with E-state index in [0.29, 0.717) is 0 Å². The molecular weight excluding hydrogens is 332 g/mol. The van der Waals surface area contributed by atoms with Crippen LogP contribution in [0, 0.1) is 0 Å². The maximum atomic E-state index is 5.49. The highest BCUT2D eigenvalue weighted by Crippen LogP contribution is 2.29. The number of nitrogens with zero attached hydrogens (tertiary/aromatic N) is 4. The Hall–Kier alpha value is -2.60. The highest BCUT2D eigenvalue weighted by Gasteiger charge is 2.21. The van der Waals surface area contributed by atoms with E-state index in [1.165, 1.54) is 0 Å². The van der Waals surface area contributed by atoms with Gasteiger partial charge >= 0.3 is 0 Å². The predicted molar refractivity (Wildman–Crippen MR) is 103 cm³/mol. The largest absolute Gasteiger partial charge is 0.495 e. The van der Waals surface area contributed by atoms with Gasteiger partial charge < -0.3 is 14.5 Å². The maximum absolute atomic E-state index is 5.49. The van der Waals surface area contributed by atoms with Gasteiger partial charge in [-0.15, -0.1) is 0 Å². The van der Waals surface area contributed by atoms with Gasteiger partial charge in [-0.1, -0.05) is 12.1 Å². The molecule has 0 bridgehead atoms. The van der Waals surface area contributed by atoms with E-state index in [9.17, 15) is 0 Å². The lowest BCUT2D eigenvalue weighted by Gasteiger charge is -2.36. The number of hydrogen-bond donors (Lipinski definition) is 0. The predicted octanol–water partition coefficient (Wildman–Crippen LogP) is 3.54. The Labute approximate surface area is 151 Å². The van der Waals surface area contributed by atoms with Crippen LogP contribution < -0.4 is 14.5 Å². The molecule has 4 rings (SSSR count). The summed E-state index contributed by atoms with van der Waals surface area (Å²) in [7, 11) is 1.72. The topological polar surface area (TPSA) is 41.5 Å². The second-order valence-corrected chi connectivity index (χ2v) is 6.68. The maximum Gasteiger partial charge on any atom is 0.225 e. The van der Waals surface area contributed by atoms with E-state index >= 15 is 0 Å². The molecular formula is C19H20N4OS. The number of aromatic nitrogens is 2. The van der Waals surface area contributed by atoms with Gasteiger partial charge in [0.2, 0.25) is 5.95 Å². The van der Waals surface area contributed by atoms with Crippen LogP contribution in [0.25, 0.3) is 11.3 Å². The first-order valence-electron chi connectivity index (χ1n) is 8.33. The first-order valence-corrected chi connectivity index (χ1v) is 9.28. The van der Waals surface area contributed by atoms with Crippen LogP contribution in [0.2, 0.25) is 0 Å². The molecule has 0 amide bonds. The van der Waals surface area contributed by atoms with Gasteiger partial charge in [0.25, 0.3) is 0 Å². The van der Waals surface area contributed by atoms with E-state index in [-0.39, 0.29) is 0 Å². The fourth-order valence-electron chi connectivity index (χ4n) is 3.11. The van der Waals surface area contributed by atoms with Crippen LogP contribution >= 0.6 is 11.3 Å². The first kappa shape index (κ1) is 15.9. The lowest BCUT2D eigenvalue weighted by Crippen LogP contribution is -2.47. The molecule has 2 aromatic heterocycles. The Bertz CT molecular complexity index is 829. The van der Waals surface area contributed by atoms with Crippen molar-refractivity contribution in [2.45, 2.75) is 0 Å². The molecule has 0 atom stereocenters. The van der Waals surface area contributed by atoms with E-state index in [1.54, 1.807) is 18.4 Å². The van der Waals surface area contributed by atoms with Crippen LogP contribution in [0.1, 0.15) is 0 Å². The Kier molecular flexibility index (Phi) is 4.52. The number of piperazine rings is 1. The molecule has 1 fully saturated rings. The standard InChI is InChI=1S/C19H20N4OS/c1-24-18-5-3-2-4-17(18)22-9-11-23(12-10-22)19-20-8-6-16(21-19)15-7-13-25-14-15/h2-8,13-14H,9-12H2,1H3. The molecule has 0 aliphatic carbocycles. The van der Waals surface area contributed by atoms with Crippen molar-refractivity contribution >= 4 is 23.0 Å². The number of methoxy groups -OCH3 is 1. The third-order valence-electron chi connectivity index (χ3n) is 4.45. The van der Waals surface area contributed by atoms with Crippen molar-refractivity contribution < 1.29 is 4.74 Å². The normalized spacial score (nSPS) is 14.6. The average molecular weight is 352 g/mol. The summed E-state index contributed by atoms with van der Waals surface area (Å²) in [6, 6.07) is 12.2. The van der Waals surface area contributed by atoms with Crippen molar-refractivity contribution in [1.82, 2.24) is 9.97 Å². The molecule has 1 aliphatic rings. The smallest absolute Gasteiger partial charge is 0.225 e. The van der Waals surface area contributed by atoms with Gasteiger partial charge in [-0.25, -0.2) is 9.97 Å². The number of para-hydroxylation sites is 2. The molecule has 1 saturated heterocycles. The Morgan fingerprint density at radius 1 is 1.00 bits per heavy atom. The summed E-state index contributed by atoms with van der Waals surface area (Å²) in [4.78, 5) is 13.8. The zero-order valence-corrected chi connectivity index (χ0v) is 14.9. The van der Waals surface area contributed by atoms with Crippen LogP contribution in [0.5, 0.6) is 5.75 Å². The fourth-order valence-corrected chi connectivity index (χ4v) is 3.76. The lowest BCUT2D eigenvalue weighted by molar-refractivity contribution is 0.413. The molecule has 0 radical (unpaired) electrons. The van der Waals surface area contributed by atoms with Crippen LogP contribution in [0.4, 0.5) is 11.6 Å². The van der Waals surface area contributed by atoms with Gasteiger partial charge in [0.1, 0.15) is 5.75 Å². The van der Waals surface area contributed by atoms with Gasteiger partial charge in [-0.3, -0.25) is 0 Å². The summed E-state index contributed by atoms with van der Waals surface area (Å²) in [5, 5.41) is 4.19. The van der Waals surface area contributed by atoms with E-state index in [4.69, 9.17) is 9.72 Å². The highest BCUT2D eigenvalue weighted by atomic mass is 32.1. The molecule has 1 aliphatic heterocycles. The monoisotopic (exact) mass is 352 g/mol. The fraction of sp³-hybridized carbons (Fsp3) is 0.263. The Morgan fingerprint density at radius 2 is 1.80 bits per heavy atom. The third kappa shape index (κ3) is 3.30. The summed E-state index contributed by atoms with van der Waals surface area (Å²) in [5.41, 5.74) is 3.29. The number of hydrogen-bond acceptors (Lipinski definition) is 6. The van der Waals surface area contributed by atoms with E-state index in [0.717, 1.165) is 54.8 Å². The summed E-state index contributed by atoms with van der Waals surface area (Å²) in [6.07, 6.45) is 1.85. The number of rotatable bonds is 4. The van der Waals surface area contributed by atoms with Crippen molar-refractivity contribution in [3.63, 3.8) is 0 Å². The van der Waals surface area contributed by atoms with Crippen LogP contribution in [0.3, 0.4) is 0 Å². The van der Waals surface area contributed by atoms with E-state index in [1.807, 2.05) is 24.4 Å². The van der Waals surface area contributed by atoms with Gasteiger partial charge in [-0.05, 0) is 29.6 Å². The minimum absolute atomic E-state index is 0.809. The number of ether oxygens (including phenoxy) is 1. The molecule has 0 saturated carbocycles. The summed E-state index contributed by atoms with van der Waals surface area (Å²) >= 11 is 1.68. The molecule has 3 aromatic rings. The van der Waals surface area contributed by atoms with Gasteiger partial charge in [0.15, 0.2) is 0 Å². The van der Waals surface area contributed by atoms with Gasteiger partial charge in [-0.2, -0.15) is 11.3 Å². The summed E-state index contributed by atoms with van der Waals surface area (Å²) in [5.74, 6) is 1.73. The molecule has 0 unspecified atom stereocenters. The SMILES string of the molecule is COc1ccccc1N1CCN(c2nccc(-c3ccsc3)n2)CC1. The van der Waals surface area contributed by atoms with E-state index in [2.05, 4.69) is 43.7 Å². The molecule has 3 heterocycles. The lowest BCUT2D eigenvalue weighted by atomic mass is 10.2. The average Bonchev–Trinajstić information content (AvgIpc) is 3.23. The Morgan fingerprint density at radius 3 is 2.56 bits per heavy atom. The van der Waals surface area contributed by atoms with Crippen LogP contribution in [0.15, 0.2) is 53.4 Å². The minimum atomic E-state index is 0.809. The Balaban J connectivity index is 1.48. The molecule has 1 aromatic carbocycles. The quantitative estimate of drug-likeness (QED) is 0.718. The number of benzene rings is 1. The highest BCUT2D eigenvalue weighted by molar-refractivity contribution is 7.08. The number of thiophene rings is 1. The van der Waals surface area contributed by atoms with E-state index < -0.39 is 0 Å². The minimum Gasteiger partial charge on any atom is -0.495 e. The molecule has 128 valence electrons. The second-order valence-electron chi connectivity index (χ2n) is 5.90. The first-order chi connectivity index (χ1) is 12.3. The zero-order chi connectivity index (χ0) is 17.1. The van der Waals surface area contributed by atoms with Crippen molar-refractivity contribution in [1.29, 1.82) is 0 Å². The molecule has 5 nitrogen and oxygen atoms in total. The molecule has 0 N–H and O–H groups in total. The van der Waals surface area contributed by atoms with Crippen molar-refractivity contribution in [2.75, 3.05) is 43.1 Å².